The predicted molar refractivity (Wildman–Crippen MR) is 60.9 cm³/mol. The smallest absolute Gasteiger partial charge is 0.0407 e. The van der Waals surface area contributed by atoms with Crippen LogP contribution < -0.4 is 5.09 Å². The number of aryl methyl sites for hydroxylation is 1. The second-order valence-corrected chi connectivity index (χ2v) is 8.94. The van der Waals surface area contributed by atoms with Gasteiger partial charge >= 0.3 is 0 Å². The maximum Gasteiger partial charge on any atom is 0.0407 e. The molecule has 0 spiro atoms. The summed E-state index contributed by atoms with van der Waals surface area (Å²) in [6, 6.07) is 8.23. The first-order valence-electron chi connectivity index (χ1n) is 3.88. The minimum absolute atomic E-state index is 1.17. The molecule has 0 aliphatic rings. The Morgan fingerprint density at radius 3 is 2.33 bits per heavy atom. The Bertz CT molecular complexity index is 316. The van der Waals surface area contributed by atoms with E-state index in [1.165, 1.54) is 11.3 Å². The van der Waals surface area contributed by atoms with Gasteiger partial charge in [-0.3, -0.25) is 0 Å². The van der Waals surface area contributed by atoms with Gasteiger partial charge in [0.15, 0.2) is 0 Å². The molecule has 1 nitrogen and oxygen atoms in total. The molecule has 0 aliphatic heterocycles. The van der Waals surface area contributed by atoms with Crippen LogP contribution in [-0.4, -0.2) is 13.3 Å². The normalized spacial score (nSPS) is 11.2. The highest BCUT2D eigenvalue weighted by molar-refractivity contribution is 8.14. The molecule has 0 radical (unpaired) electrons. The molecule has 1 rings (SSSR count). The lowest BCUT2D eigenvalue weighted by atomic mass is 10.2. The first kappa shape index (κ1) is 9.76. The number of anilines is 1. The van der Waals surface area contributed by atoms with Crippen LogP contribution in [0.2, 0.25) is 0 Å². The number of hydrogen-bond donors (Lipinski definition) is 1. The van der Waals surface area contributed by atoms with Crippen molar-refractivity contribution in [2.75, 3.05) is 18.4 Å². The zero-order valence-corrected chi connectivity index (χ0v) is 9.38. The van der Waals surface area contributed by atoms with Gasteiger partial charge in [0.1, 0.15) is 0 Å². The fraction of sp³-hybridized carbons (Fsp3) is 0.333. The monoisotopic (exact) mass is 199 g/mol. The Morgan fingerprint density at radius 2 is 1.83 bits per heavy atom. The fourth-order valence-corrected chi connectivity index (χ4v) is 2.11. The zero-order valence-electron chi connectivity index (χ0n) is 7.66. The van der Waals surface area contributed by atoms with Gasteiger partial charge in [0, 0.05) is 11.9 Å². The van der Waals surface area contributed by atoms with Crippen molar-refractivity contribution in [2.24, 2.45) is 0 Å². The van der Waals surface area contributed by atoms with Crippen LogP contribution in [0.5, 0.6) is 0 Å². The van der Waals surface area contributed by atoms with Crippen molar-refractivity contribution in [1.82, 2.24) is 0 Å². The minimum Gasteiger partial charge on any atom is -0.357 e. The third-order valence-electron chi connectivity index (χ3n) is 1.53. The van der Waals surface area contributed by atoms with Gasteiger partial charge in [-0.15, -0.1) is 0 Å². The molecule has 0 atom stereocenters. The predicted octanol–water partition coefficient (Wildman–Crippen LogP) is 3.06. The van der Waals surface area contributed by atoms with E-state index < -0.39 is 6.19 Å². The Labute approximate surface area is 79.3 Å². The van der Waals surface area contributed by atoms with Crippen LogP contribution in [0.15, 0.2) is 24.3 Å². The topological polar surface area (TPSA) is 12.0 Å². The first-order valence-corrected chi connectivity index (χ1v) is 7.57. The van der Waals surface area contributed by atoms with Crippen molar-refractivity contribution in [3.8, 4) is 0 Å². The number of benzene rings is 1. The molecule has 0 saturated carbocycles. The molecule has 0 unspecified atom stereocenters. The van der Waals surface area contributed by atoms with E-state index in [0.717, 1.165) is 0 Å². The summed E-state index contributed by atoms with van der Waals surface area (Å²) >= 11 is 5.33. The average Bonchev–Trinajstić information content (AvgIpc) is 1.91. The van der Waals surface area contributed by atoms with E-state index in [0.29, 0.717) is 0 Å². The van der Waals surface area contributed by atoms with Crippen LogP contribution in [0.3, 0.4) is 0 Å². The van der Waals surface area contributed by atoms with E-state index in [9.17, 15) is 0 Å². The molecule has 0 heterocycles. The van der Waals surface area contributed by atoms with E-state index in [-0.39, 0.29) is 0 Å². The van der Waals surface area contributed by atoms with Crippen molar-refractivity contribution < 1.29 is 0 Å². The zero-order chi connectivity index (χ0) is 9.19. The van der Waals surface area contributed by atoms with Crippen LogP contribution in [-0.2, 0) is 11.8 Å². The lowest BCUT2D eigenvalue weighted by Gasteiger charge is -2.15. The van der Waals surface area contributed by atoms with E-state index in [1.54, 1.807) is 0 Å². The van der Waals surface area contributed by atoms with Crippen LogP contribution in [0.25, 0.3) is 0 Å². The molecular formula is C9H14NPS. The molecule has 0 amide bonds. The number of nitrogens with one attached hydrogen (secondary N) is 1. The third kappa shape index (κ3) is 2.96. The quantitative estimate of drug-likeness (QED) is 0.735. The molecule has 3 heteroatoms. The van der Waals surface area contributed by atoms with E-state index in [4.69, 9.17) is 11.8 Å². The van der Waals surface area contributed by atoms with Crippen LogP contribution >= 0.6 is 6.19 Å². The van der Waals surface area contributed by atoms with Gasteiger partial charge in [-0.1, -0.05) is 30.0 Å². The summed E-state index contributed by atoms with van der Waals surface area (Å²) < 4.78 is 0. The molecule has 0 saturated heterocycles. The summed E-state index contributed by atoms with van der Waals surface area (Å²) in [6.07, 6.45) is -1.33. The van der Waals surface area contributed by atoms with Gasteiger partial charge in [-0.2, -0.15) is 0 Å². The van der Waals surface area contributed by atoms with Crippen LogP contribution in [0.4, 0.5) is 5.69 Å². The van der Waals surface area contributed by atoms with E-state index in [2.05, 4.69) is 37.5 Å². The summed E-state index contributed by atoms with van der Waals surface area (Å²) in [6.45, 7) is 6.27. The number of rotatable bonds is 2. The van der Waals surface area contributed by atoms with Crippen LogP contribution in [0, 0.1) is 6.92 Å². The summed E-state index contributed by atoms with van der Waals surface area (Å²) in [7, 11) is 0. The van der Waals surface area contributed by atoms with Gasteiger partial charge in [-0.25, -0.2) is 0 Å². The average molecular weight is 199 g/mol. The second-order valence-electron chi connectivity index (χ2n) is 3.28. The number of para-hydroxylation sites is 1. The highest BCUT2D eigenvalue weighted by Crippen LogP contribution is 2.37. The summed E-state index contributed by atoms with van der Waals surface area (Å²) in [4.78, 5) is 0. The number of hydrogen-bond acceptors (Lipinski definition) is 1. The Morgan fingerprint density at radius 1 is 1.25 bits per heavy atom. The molecule has 1 aromatic rings. The lowest BCUT2D eigenvalue weighted by Crippen LogP contribution is -1.94. The van der Waals surface area contributed by atoms with E-state index >= 15 is 0 Å². The maximum atomic E-state index is 5.33. The standard InChI is InChI=1S/C9H14NPS/c1-8-6-4-5-7-9(8)10-11(2,3)12/h4-7H,1-3H3,(H,10,12). The van der Waals surface area contributed by atoms with Crippen molar-refractivity contribution >= 4 is 23.7 Å². The van der Waals surface area contributed by atoms with Gasteiger partial charge < -0.3 is 5.09 Å². The molecule has 0 aromatic heterocycles. The van der Waals surface area contributed by atoms with Gasteiger partial charge in [0.25, 0.3) is 0 Å². The highest BCUT2D eigenvalue weighted by atomic mass is 32.4. The van der Waals surface area contributed by atoms with Crippen molar-refractivity contribution in [3.63, 3.8) is 0 Å². The Kier molecular flexibility index (Phi) is 2.92. The first-order chi connectivity index (χ1) is 5.49. The third-order valence-corrected chi connectivity index (χ3v) is 2.59. The summed E-state index contributed by atoms with van der Waals surface area (Å²) in [5.41, 5.74) is 2.43. The second kappa shape index (κ2) is 3.59. The molecule has 0 aliphatic carbocycles. The van der Waals surface area contributed by atoms with Crippen molar-refractivity contribution in [2.45, 2.75) is 6.92 Å². The molecular weight excluding hydrogens is 185 g/mol. The molecule has 1 N–H and O–H groups in total. The molecule has 1 aromatic carbocycles. The molecule has 66 valence electrons. The highest BCUT2D eigenvalue weighted by Gasteiger charge is 2.02. The lowest BCUT2D eigenvalue weighted by molar-refractivity contribution is 1.47. The SMILES string of the molecule is Cc1ccccc1NP(C)(C)=S. The van der Waals surface area contributed by atoms with Gasteiger partial charge in [0.05, 0.1) is 0 Å². The van der Waals surface area contributed by atoms with E-state index in [1.807, 2.05) is 12.1 Å². The largest absolute Gasteiger partial charge is 0.357 e. The molecule has 0 fully saturated rings. The summed E-state index contributed by atoms with van der Waals surface area (Å²) in [5, 5.41) is 3.38. The maximum absolute atomic E-state index is 5.33. The Balaban J connectivity index is 2.90. The molecule has 12 heavy (non-hydrogen) atoms. The van der Waals surface area contributed by atoms with Crippen LogP contribution in [0.1, 0.15) is 5.56 Å². The summed E-state index contributed by atoms with van der Waals surface area (Å²) in [5.74, 6) is 0. The molecule has 0 bridgehead atoms. The minimum atomic E-state index is -1.33. The van der Waals surface area contributed by atoms with Gasteiger partial charge in [0.2, 0.25) is 0 Å². The fourth-order valence-electron chi connectivity index (χ4n) is 0.988. The Hall–Kier alpha value is -0.330. The van der Waals surface area contributed by atoms with Crippen molar-refractivity contribution in [1.29, 1.82) is 0 Å². The van der Waals surface area contributed by atoms with Crippen molar-refractivity contribution in [3.05, 3.63) is 29.8 Å². The van der Waals surface area contributed by atoms with Gasteiger partial charge in [-0.05, 0) is 31.9 Å².